The van der Waals surface area contributed by atoms with Crippen molar-refractivity contribution in [2.75, 3.05) is 34.0 Å². The van der Waals surface area contributed by atoms with Crippen molar-refractivity contribution in [2.45, 2.75) is 96.6 Å². The van der Waals surface area contributed by atoms with E-state index < -0.39 is 48.8 Å². The average molecular weight is 833 g/mol. The second kappa shape index (κ2) is 19.4. The maximum atomic E-state index is 16.0. The van der Waals surface area contributed by atoms with Gasteiger partial charge in [-0.05, 0) is 103 Å². The number of hydrogen-bond donors (Lipinski definition) is 1. The Hall–Kier alpha value is -4.54. The van der Waals surface area contributed by atoms with Crippen molar-refractivity contribution in [3.05, 3.63) is 142 Å². The Kier molecular flexibility index (Phi) is 14.6. The predicted octanol–water partition coefficient (Wildman–Crippen LogP) is 12.7. The van der Waals surface area contributed by atoms with E-state index in [2.05, 4.69) is 86.4 Å². The van der Waals surface area contributed by atoms with Crippen LogP contribution < -0.4 is 0 Å². The number of fused-ring (bicyclic) bond motifs is 3. The van der Waals surface area contributed by atoms with Gasteiger partial charge in [-0.2, -0.15) is 0 Å². The number of methoxy groups -OCH3 is 2. The molecule has 0 amide bonds. The number of alkyl halides is 3. The fraction of sp³-hybridized carbons (Fsp3) is 0.460. The molecule has 5 nitrogen and oxygen atoms in total. The normalized spacial score (nSPS) is 19.4. The fourth-order valence-corrected chi connectivity index (χ4v) is 9.53. The van der Waals surface area contributed by atoms with Crippen molar-refractivity contribution in [3.63, 3.8) is 0 Å². The quantitative estimate of drug-likeness (QED) is 0.0688. The van der Waals surface area contributed by atoms with Crippen LogP contribution in [0, 0.1) is 28.9 Å². The molecule has 1 aliphatic carbocycles. The largest absolute Gasteiger partial charge is 0.465 e. The number of carbonyl (C=O) groups is 1. The lowest BCUT2D eigenvalue weighted by atomic mass is 9.70. The van der Waals surface area contributed by atoms with Crippen molar-refractivity contribution in [1.29, 1.82) is 0 Å². The Bertz CT molecular complexity index is 2120. The molecule has 324 valence electrons. The van der Waals surface area contributed by atoms with E-state index >= 15 is 8.78 Å². The zero-order valence-corrected chi connectivity index (χ0v) is 35.7. The number of benzene rings is 4. The van der Waals surface area contributed by atoms with E-state index in [1.54, 1.807) is 25.1 Å². The van der Waals surface area contributed by atoms with Crippen LogP contribution in [0.3, 0.4) is 0 Å². The molecule has 0 saturated heterocycles. The molecule has 10 heteroatoms. The Labute approximate surface area is 353 Å². The molecular weight excluding hydrogens is 772 g/mol. The highest BCUT2D eigenvalue weighted by atomic mass is 19.3. The lowest BCUT2D eigenvalue weighted by molar-refractivity contribution is -0.0966. The summed E-state index contributed by atoms with van der Waals surface area (Å²) in [6.07, 6.45) is 5.18. The highest BCUT2D eigenvalue weighted by molar-refractivity contribution is 5.96. The number of hydrogen-bond acceptors (Lipinski definition) is 4. The third-order valence-corrected chi connectivity index (χ3v) is 12.2. The van der Waals surface area contributed by atoms with Crippen LogP contribution >= 0.6 is 0 Å². The Morgan fingerprint density at radius 1 is 0.883 bits per heavy atom. The predicted molar refractivity (Wildman–Crippen MR) is 231 cm³/mol. The number of carbonyl (C=O) groups excluding carboxylic acids is 1. The van der Waals surface area contributed by atoms with Crippen molar-refractivity contribution in [1.82, 2.24) is 9.88 Å². The second-order valence-corrected chi connectivity index (χ2v) is 17.9. The summed E-state index contributed by atoms with van der Waals surface area (Å²) in [5.41, 5.74) is 5.30. The molecular formula is C50H61F5N2O3. The molecule has 1 saturated carbocycles. The van der Waals surface area contributed by atoms with Crippen LogP contribution in [0.15, 0.2) is 91.0 Å². The molecule has 7 rings (SSSR count). The highest BCUT2D eigenvalue weighted by Gasteiger charge is 2.44. The lowest BCUT2D eigenvalue weighted by Crippen LogP contribution is -2.49. The molecule has 0 spiro atoms. The number of nitrogens with zero attached hydrogens (tertiary/aromatic N) is 1. The lowest BCUT2D eigenvalue weighted by Gasteiger charge is -2.42. The van der Waals surface area contributed by atoms with Gasteiger partial charge >= 0.3 is 5.97 Å². The number of rotatable bonds is 14. The van der Waals surface area contributed by atoms with Crippen LogP contribution in [-0.4, -0.2) is 61.9 Å². The standard InChI is InChI=1S/C33H39F5N2O3.C17H20.H2/c1-19-10-25-24-8-7-23(32(41)43-3)16-28(24)39-30(25)31(40(19)17-33(37,38)18-42-2)29-26(35)14-22(15-27(29)36)13-21-11-20(12-21)6-4-5-9-34;1-17(2,3)16(14-10-6-4-7-11-14)15-12-8-5-9-13-15;/h7-8,14-16,19-21,31,39H,4-6,9-13,17-18H2,1-3H3;4-13,16H,1-3H3;1H/t19-,20?,21?,31-;;/m1../s1. The number of unbranched alkanes of at least 4 members (excludes halogenated alkanes) is 1. The van der Waals surface area contributed by atoms with Crippen molar-refractivity contribution >= 4 is 16.9 Å². The van der Waals surface area contributed by atoms with Crippen LogP contribution in [-0.2, 0) is 22.3 Å². The topological polar surface area (TPSA) is 54.6 Å². The van der Waals surface area contributed by atoms with E-state index in [1.807, 2.05) is 0 Å². The van der Waals surface area contributed by atoms with Crippen LogP contribution in [0.25, 0.3) is 10.9 Å². The maximum Gasteiger partial charge on any atom is 0.337 e. The van der Waals surface area contributed by atoms with E-state index in [4.69, 9.17) is 9.47 Å². The molecule has 1 N–H and O–H groups in total. The molecule has 1 aliphatic heterocycles. The van der Waals surface area contributed by atoms with Gasteiger partial charge in [-0.1, -0.05) is 100 Å². The van der Waals surface area contributed by atoms with Gasteiger partial charge in [-0.3, -0.25) is 9.29 Å². The number of aromatic amines is 1. The Balaban J connectivity index is 0.000000327. The van der Waals surface area contributed by atoms with Crippen molar-refractivity contribution < 1.29 is 37.6 Å². The van der Waals surface area contributed by atoms with Crippen LogP contribution in [0.4, 0.5) is 22.0 Å². The average Bonchev–Trinajstić information content (AvgIpc) is 3.55. The third-order valence-electron chi connectivity index (χ3n) is 12.2. The molecule has 60 heavy (non-hydrogen) atoms. The van der Waals surface area contributed by atoms with E-state index in [9.17, 15) is 18.0 Å². The summed E-state index contributed by atoms with van der Waals surface area (Å²) in [4.78, 5) is 16.8. The van der Waals surface area contributed by atoms with E-state index in [-0.39, 0.29) is 19.1 Å². The monoisotopic (exact) mass is 832 g/mol. The van der Waals surface area contributed by atoms with Gasteiger partial charge < -0.3 is 14.5 Å². The molecule has 4 aromatic carbocycles. The van der Waals surface area contributed by atoms with Gasteiger partial charge in [0.25, 0.3) is 5.92 Å². The molecule has 5 aromatic rings. The summed E-state index contributed by atoms with van der Waals surface area (Å²) in [5, 5.41) is 0.756. The SMILES string of the molecule is CC(C)(C)C(c1ccccc1)c1ccccc1.COCC(F)(F)CN1[C@H](c2c(F)cc(CC3CC(CCCCF)C3)cc2F)c2[nH]c3cc(C(=O)OC)ccc3c2C[C@H]1C.[HH]. The van der Waals surface area contributed by atoms with Crippen LogP contribution in [0.2, 0.25) is 0 Å². The van der Waals surface area contributed by atoms with Gasteiger partial charge in [0.2, 0.25) is 0 Å². The minimum Gasteiger partial charge on any atom is -0.465 e. The number of halogens is 5. The molecule has 2 aliphatic rings. The summed E-state index contributed by atoms with van der Waals surface area (Å²) in [6.45, 7) is 6.78. The summed E-state index contributed by atoms with van der Waals surface area (Å²) in [6, 6.07) is 27.5. The molecule has 0 radical (unpaired) electrons. The summed E-state index contributed by atoms with van der Waals surface area (Å²) >= 11 is 0. The molecule has 1 aromatic heterocycles. The number of nitrogens with one attached hydrogen (secondary N) is 1. The molecule has 2 heterocycles. The number of aromatic nitrogens is 1. The van der Waals surface area contributed by atoms with Gasteiger partial charge in [-0.25, -0.2) is 22.4 Å². The fourth-order valence-electron chi connectivity index (χ4n) is 9.53. The Morgan fingerprint density at radius 3 is 2.05 bits per heavy atom. The summed E-state index contributed by atoms with van der Waals surface area (Å²) < 4.78 is 83.9. The first kappa shape index (κ1) is 45.0. The van der Waals surface area contributed by atoms with Crippen LogP contribution in [0.1, 0.15) is 117 Å². The van der Waals surface area contributed by atoms with Gasteiger partial charge in [0.05, 0.1) is 31.9 Å². The minimum absolute atomic E-state index is 0. The molecule has 0 bridgehead atoms. The first-order valence-corrected chi connectivity index (χ1v) is 21.1. The first-order chi connectivity index (χ1) is 28.6. The molecule has 2 atom stereocenters. The van der Waals surface area contributed by atoms with Gasteiger partial charge in [0, 0.05) is 42.7 Å². The Morgan fingerprint density at radius 2 is 1.50 bits per heavy atom. The second-order valence-electron chi connectivity index (χ2n) is 17.9. The highest BCUT2D eigenvalue weighted by Crippen LogP contribution is 2.45. The zero-order valence-electron chi connectivity index (χ0n) is 35.7. The number of ether oxygens (including phenoxy) is 2. The molecule has 1 fully saturated rings. The van der Waals surface area contributed by atoms with Crippen molar-refractivity contribution in [2.24, 2.45) is 17.3 Å². The van der Waals surface area contributed by atoms with E-state index in [0.29, 0.717) is 59.4 Å². The van der Waals surface area contributed by atoms with Crippen LogP contribution in [0.5, 0.6) is 0 Å². The first-order valence-electron chi connectivity index (χ1n) is 21.1. The third kappa shape index (κ3) is 10.5. The van der Waals surface area contributed by atoms with Gasteiger partial charge in [0.1, 0.15) is 18.2 Å². The minimum atomic E-state index is -3.26. The smallest absolute Gasteiger partial charge is 0.337 e. The van der Waals surface area contributed by atoms with Gasteiger partial charge in [0.15, 0.2) is 0 Å². The summed E-state index contributed by atoms with van der Waals surface area (Å²) in [5.74, 6) is -4.09. The van der Waals surface area contributed by atoms with Crippen molar-refractivity contribution in [3.8, 4) is 0 Å². The van der Waals surface area contributed by atoms with E-state index in [0.717, 1.165) is 36.6 Å². The number of H-pyrrole nitrogens is 1. The summed E-state index contributed by atoms with van der Waals surface area (Å²) in [7, 11) is 2.46. The maximum absolute atomic E-state index is 16.0. The molecule has 0 unspecified atom stereocenters. The van der Waals surface area contributed by atoms with E-state index in [1.165, 1.54) is 42.4 Å². The van der Waals surface area contributed by atoms with Gasteiger partial charge in [-0.15, -0.1) is 0 Å². The number of esters is 1. The zero-order chi connectivity index (χ0) is 43.2.